The molecule has 2 aromatic heterocycles. The molecular weight excluding hydrogens is 216 g/mol. The number of H-pyrrole nitrogens is 1. The van der Waals surface area contributed by atoms with Gasteiger partial charge in [-0.2, -0.15) is 5.21 Å². The van der Waals surface area contributed by atoms with Crippen LogP contribution in [0.15, 0.2) is 6.07 Å². The highest BCUT2D eigenvalue weighted by Gasteiger charge is 2.11. The Kier molecular flexibility index (Phi) is 3.23. The van der Waals surface area contributed by atoms with Crippen LogP contribution in [0.5, 0.6) is 0 Å². The molecule has 0 aromatic carbocycles. The minimum atomic E-state index is 0.0914. The molecule has 0 spiro atoms. The van der Waals surface area contributed by atoms with Crippen LogP contribution in [0.4, 0.5) is 0 Å². The summed E-state index contributed by atoms with van der Waals surface area (Å²) in [5.74, 6) is 0.690. The Balaban J connectivity index is 2.00. The molecule has 92 valence electrons. The van der Waals surface area contributed by atoms with Crippen LogP contribution in [0.2, 0.25) is 0 Å². The fourth-order valence-corrected chi connectivity index (χ4v) is 1.82. The zero-order chi connectivity index (χ0) is 12.4. The van der Waals surface area contributed by atoms with Gasteiger partial charge in [0, 0.05) is 25.0 Å². The summed E-state index contributed by atoms with van der Waals surface area (Å²) < 4.78 is 2.19. The summed E-state index contributed by atoms with van der Waals surface area (Å²) >= 11 is 0. The lowest BCUT2D eigenvalue weighted by molar-refractivity contribution is 0.545. The quantitative estimate of drug-likeness (QED) is 0.828. The maximum absolute atomic E-state index is 3.96. The largest absolute Gasteiger partial charge is 0.352 e. The Morgan fingerprint density at radius 3 is 2.76 bits per heavy atom. The molecule has 1 atom stereocenters. The Morgan fingerprint density at radius 1 is 1.47 bits per heavy atom. The molecule has 0 bridgehead atoms. The molecule has 2 aromatic rings. The predicted octanol–water partition coefficient (Wildman–Crippen LogP) is 1.01. The van der Waals surface area contributed by atoms with Crippen LogP contribution in [0, 0.1) is 13.8 Å². The summed E-state index contributed by atoms with van der Waals surface area (Å²) in [6.07, 6.45) is 0. The first kappa shape index (κ1) is 11.8. The molecule has 2 heterocycles. The summed E-state index contributed by atoms with van der Waals surface area (Å²) in [7, 11) is 2.08. The van der Waals surface area contributed by atoms with E-state index in [0.717, 1.165) is 6.54 Å². The Bertz CT molecular complexity index is 484. The van der Waals surface area contributed by atoms with Crippen LogP contribution in [0.3, 0.4) is 0 Å². The zero-order valence-electron chi connectivity index (χ0n) is 10.7. The number of aromatic amines is 1. The molecule has 1 unspecified atom stereocenters. The van der Waals surface area contributed by atoms with E-state index < -0.39 is 0 Å². The number of nitrogens with one attached hydrogen (secondary N) is 2. The van der Waals surface area contributed by atoms with Crippen LogP contribution >= 0.6 is 0 Å². The summed E-state index contributed by atoms with van der Waals surface area (Å²) in [4.78, 5) is 0. The van der Waals surface area contributed by atoms with Crippen LogP contribution < -0.4 is 5.32 Å². The lowest BCUT2D eigenvalue weighted by atomic mass is 10.2. The van der Waals surface area contributed by atoms with Gasteiger partial charge in [0.25, 0.3) is 0 Å². The van der Waals surface area contributed by atoms with Gasteiger partial charge in [0.15, 0.2) is 5.82 Å². The molecule has 17 heavy (non-hydrogen) atoms. The first-order valence-corrected chi connectivity index (χ1v) is 5.68. The number of hydrogen-bond donors (Lipinski definition) is 2. The van der Waals surface area contributed by atoms with Gasteiger partial charge in [0.2, 0.25) is 0 Å². The molecule has 0 aliphatic heterocycles. The first-order chi connectivity index (χ1) is 8.09. The van der Waals surface area contributed by atoms with E-state index in [1.165, 1.54) is 17.0 Å². The van der Waals surface area contributed by atoms with E-state index in [1.807, 2.05) is 6.92 Å². The van der Waals surface area contributed by atoms with Gasteiger partial charge in [-0.05, 0) is 32.4 Å². The van der Waals surface area contributed by atoms with Crippen LogP contribution in [-0.2, 0) is 13.6 Å². The van der Waals surface area contributed by atoms with Crippen LogP contribution in [-0.4, -0.2) is 25.2 Å². The lowest BCUT2D eigenvalue weighted by Crippen LogP contribution is -2.19. The fraction of sp³-hybridized carbons (Fsp3) is 0.545. The number of tetrazole rings is 1. The second-order valence-electron chi connectivity index (χ2n) is 4.33. The van der Waals surface area contributed by atoms with E-state index >= 15 is 0 Å². The maximum atomic E-state index is 3.96. The van der Waals surface area contributed by atoms with Gasteiger partial charge in [-0.1, -0.05) is 5.21 Å². The third-order valence-corrected chi connectivity index (χ3v) is 3.23. The monoisotopic (exact) mass is 234 g/mol. The Hall–Kier alpha value is -1.69. The van der Waals surface area contributed by atoms with Gasteiger partial charge in [-0.15, -0.1) is 10.2 Å². The zero-order valence-corrected chi connectivity index (χ0v) is 10.7. The van der Waals surface area contributed by atoms with Crippen molar-refractivity contribution in [2.24, 2.45) is 7.05 Å². The van der Waals surface area contributed by atoms with E-state index in [0.29, 0.717) is 5.82 Å². The molecule has 0 radical (unpaired) electrons. The smallest absolute Gasteiger partial charge is 0.191 e. The van der Waals surface area contributed by atoms with Crippen molar-refractivity contribution in [1.29, 1.82) is 0 Å². The van der Waals surface area contributed by atoms with Crippen molar-refractivity contribution < 1.29 is 0 Å². The predicted molar refractivity (Wildman–Crippen MR) is 64.3 cm³/mol. The van der Waals surface area contributed by atoms with Crippen LogP contribution in [0.25, 0.3) is 0 Å². The van der Waals surface area contributed by atoms with Gasteiger partial charge in [-0.3, -0.25) is 0 Å². The molecule has 0 saturated heterocycles. The van der Waals surface area contributed by atoms with Gasteiger partial charge >= 0.3 is 0 Å². The highest BCUT2D eigenvalue weighted by atomic mass is 15.5. The summed E-state index contributed by atoms with van der Waals surface area (Å²) in [6.45, 7) is 7.07. The molecular formula is C11H18N6. The van der Waals surface area contributed by atoms with Gasteiger partial charge < -0.3 is 9.88 Å². The number of hydrogen-bond acceptors (Lipinski definition) is 4. The summed E-state index contributed by atoms with van der Waals surface area (Å²) in [6, 6.07) is 2.29. The van der Waals surface area contributed by atoms with Crippen molar-refractivity contribution >= 4 is 0 Å². The van der Waals surface area contributed by atoms with Crippen molar-refractivity contribution in [3.8, 4) is 0 Å². The van der Waals surface area contributed by atoms with E-state index in [1.54, 1.807) is 0 Å². The maximum Gasteiger partial charge on any atom is 0.191 e. The number of aryl methyl sites for hydroxylation is 1. The fourth-order valence-electron chi connectivity index (χ4n) is 1.82. The van der Waals surface area contributed by atoms with Crippen molar-refractivity contribution in [1.82, 2.24) is 30.5 Å². The highest BCUT2D eigenvalue weighted by Crippen LogP contribution is 2.14. The Morgan fingerprint density at radius 2 is 2.24 bits per heavy atom. The van der Waals surface area contributed by atoms with Gasteiger partial charge in [-0.25, -0.2) is 0 Å². The molecule has 0 saturated carbocycles. The van der Waals surface area contributed by atoms with E-state index in [4.69, 9.17) is 0 Å². The number of rotatable bonds is 4. The third kappa shape index (κ3) is 2.36. The topological polar surface area (TPSA) is 71.4 Å². The van der Waals surface area contributed by atoms with Gasteiger partial charge in [0.1, 0.15) is 0 Å². The van der Waals surface area contributed by atoms with Crippen molar-refractivity contribution in [2.75, 3.05) is 0 Å². The van der Waals surface area contributed by atoms with E-state index in [2.05, 4.69) is 57.5 Å². The molecule has 0 aliphatic rings. The van der Waals surface area contributed by atoms with Crippen molar-refractivity contribution in [3.05, 3.63) is 28.8 Å². The Labute approximate surface area is 100 Å². The minimum absolute atomic E-state index is 0.0914. The number of nitrogens with zero attached hydrogens (tertiary/aromatic N) is 4. The van der Waals surface area contributed by atoms with Crippen molar-refractivity contribution in [2.45, 2.75) is 33.4 Å². The molecule has 0 fully saturated rings. The highest BCUT2D eigenvalue weighted by molar-refractivity contribution is 5.26. The summed E-state index contributed by atoms with van der Waals surface area (Å²) in [5.41, 5.74) is 3.86. The third-order valence-electron chi connectivity index (χ3n) is 3.23. The molecule has 0 amide bonds. The second kappa shape index (κ2) is 4.67. The summed E-state index contributed by atoms with van der Waals surface area (Å²) in [5, 5.41) is 17.3. The van der Waals surface area contributed by atoms with E-state index in [-0.39, 0.29) is 6.04 Å². The van der Waals surface area contributed by atoms with E-state index in [9.17, 15) is 0 Å². The van der Waals surface area contributed by atoms with Gasteiger partial charge in [0.05, 0.1) is 6.04 Å². The van der Waals surface area contributed by atoms with Crippen molar-refractivity contribution in [3.63, 3.8) is 0 Å². The molecule has 0 aliphatic carbocycles. The standard InChI is InChI=1S/C11H18N6/c1-7-5-10(9(3)17(7)4)6-12-8(2)11-13-15-16-14-11/h5,8,12H,6H2,1-4H3,(H,13,14,15,16). The molecule has 2 N–H and O–H groups in total. The lowest BCUT2D eigenvalue weighted by Gasteiger charge is -2.09. The molecule has 6 nitrogen and oxygen atoms in total. The average Bonchev–Trinajstić information content (AvgIpc) is 2.91. The second-order valence-corrected chi connectivity index (χ2v) is 4.33. The average molecular weight is 234 g/mol. The first-order valence-electron chi connectivity index (χ1n) is 5.68. The van der Waals surface area contributed by atoms with Crippen LogP contribution in [0.1, 0.15) is 35.7 Å². The normalized spacial score (nSPS) is 12.9. The minimum Gasteiger partial charge on any atom is -0.352 e. The molecule has 6 heteroatoms. The molecule has 2 rings (SSSR count). The number of aromatic nitrogens is 5. The SMILES string of the molecule is Cc1cc(CNC(C)c2nn[nH]n2)c(C)n1C.